The highest BCUT2D eigenvalue weighted by Crippen LogP contribution is 2.26. The van der Waals surface area contributed by atoms with Crippen LogP contribution in [0.25, 0.3) is 0 Å². The van der Waals surface area contributed by atoms with Crippen LogP contribution in [0.3, 0.4) is 0 Å². The van der Waals surface area contributed by atoms with Crippen molar-refractivity contribution >= 4 is 0 Å². The highest BCUT2D eigenvalue weighted by atomic mass is 16.5. The molecular formula is C14H27N3O. The molecule has 0 saturated heterocycles. The fraction of sp³-hybridized carbons (Fsp3) is 0.786. The minimum atomic E-state index is 0.324. The molecule has 0 aliphatic carbocycles. The summed E-state index contributed by atoms with van der Waals surface area (Å²) in [7, 11) is 1.72. The van der Waals surface area contributed by atoms with Crippen molar-refractivity contribution in [2.45, 2.75) is 40.8 Å². The van der Waals surface area contributed by atoms with Crippen molar-refractivity contribution in [3.05, 3.63) is 18.2 Å². The molecule has 1 aromatic rings. The first kappa shape index (κ1) is 15.2. The van der Waals surface area contributed by atoms with Crippen LogP contribution in [0.5, 0.6) is 0 Å². The van der Waals surface area contributed by atoms with E-state index in [2.05, 4.69) is 42.6 Å². The van der Waals surface area contributed by atoms with Crippen LogP contribution in [0, 0.1) is 11.3 Å². The van der Waals surface area contributed by atoms with E-state index in [0.29, 0.717) is 11.3 Å². The van der Waals surface area contributed by atoms with Gasteiger partial charge in [-0.1, -0.05) is 27.7 Å². The van der Waals surface area contributed by atoms with Gasteiger partial charge in [-0.25, -0.2) is 4.98 Å². The number of imidazole rings is 1. The molecule has 0 aliphatic heterocycles. The molecule has 0 amide bonds. The van der Waals surface area contributed by atoms with Gasteiger partial charge in [0.05, 0.1) is 18.6 Å². The molecule has 0 bridgehead atoms. The summed E-state index contributed by atoms with van der Waals surface area (Å²) >= 11 is 0. The molecule has 104 valence electrons. The quantitative estimate of drug-likeness (QED) is 0.758. The zero-order valence-corrected chi connectivity index (χ0v) is 12.4. The predicted octanol–water partition coefficient (Wildman–Crippen LogP) is 2.30. The monoisotopic (exact) mass is 253 g/mol. The fourth-order valence-corrected chi connectivity index (χ4v) is 1.62. The minimum Gasteiger partial charge on any atom is -0.383 e. The Morgan fingerprint density at radius 2 is 2.17 bits per heavy atom. The third-order valence-corrected chi connectivity index (χ3v) is 3.54. The van der Waals surface area contributed by atoms with Gasteiger partial charge in [-0.3, -0.25) is 0 Å². The highest BCUT2D eigenvalue weighted by molar-refractivity contribution is 4.98. The first-order valence-electron chi connectivity index (χ1n) is 6.63. The first-order chi connectivity index (χ1) is 8.45. The minimum absolute atomic E-state index is 0.324. The van der Waals surface area contributed by atoms with Gasteiger partial charge < -0.3 is 14.6 Å². The lowest BCUT2D eigenvalue weighted by atomic mass is 9.82. The highest BCUT2D eigenvalue weighted by Gasteiger charge is 2.20. The molecule has 4 nitrogen and oxygen atoms in total. The van der Waals surface area contributed by atoms with Crippen LogP contribution in [0.1, 0.15) is 33.4 Å². The van der Waals surface area contributed by atoms with E-state index in [1.54, 1.807) is 7.11 Å². The lowest BCUT2D eigenvalue weighted by Crippen LogP contribution is -2.25. The molecule has 0 aromatic carbocycles. The summed E-state index contributed by atoms with van der Waals surface area (Å²) in [6.07, 6.45) is 3.87. The second kappa shape index (κ2) is 6.90. The van der Waals surface area contributed by atoms with E-state index in [0.717, 1.165) is 26.2 Å². The van der Waals surface area contributed by atoms with Crippen molar-refractivity contribution in [2.75, 3.05) is 20.3 Å². The standard InChI is InChI=1S/C14H27N3O/c1-12(14(2,3)4)10-17-11-16-9-13(17)8-15-6-7-18-5/h9,11-12,15H,6-8,10H2,1-5H3. The van der Waals surface area contributed by atoms with E-state index < -0.39 is 0 Å². The average molecular weight is 253 g/mol. The maximum atomic E-state index is 5.02. The molecule has 1 N–H and O–H groups in total. The summed E-state index contributed by atoms with van der Waals surface area (Å²) in [5.41, 5.74) is 1.56. The van der Waals surface area contributed by atoms with Crippen molar-refractivity contribution in [1.82, 2.24) is 14.9 Å². The van der Waals surface area contributed by atoms with Gasteiger partial charge in [0.25, 0.3) is 0 Å². The van der Waals surface area contributed by atoms with E-state index in [1.807, 2.05) is 12.5 Å². The Morgan fingerprint density at radius 3 is 2.78 bits per heavy atom. The zero-order chi connectivity index (χ0) is 13.6. The summed E-state index contributed by atoms with van der Waals surface area (Å²) in [5.74, 6) is 0.615. The number of hydrogen-bond acceptors (Lipinski definition) is 3. The molecule has 0 aliphatic rings. The fourth-order valence-electron chi connectivity index (χ4n) is 1.62. The molecule has 4 heteroatoms. The van der Waals surface area contributed by atoms with Crippen LogP contribution in [-0.2, 0) is 17.8 Å². The number of ether oxygens (including phenoxy) is 1. The van der Waals surface area contributed by atoms with Gasteiger partial charge >= 0.3 is 0 Å². The largest absolute Gasteiger partial charge is 0.383 e. The van der Waals surface area contributed by atoms with E-state index in [1.165, 1.54) is 5.69 Å². The third kappa shape index (κ3) is 4.78. The van der Waals surface area contributed by atoms with Crippen molar-refractivity contribution in [3.63, 3.8) is 0 Å². The Labute approximate surface area is 111 Å². The number of hydrogen-bond donors (Lipinski definition) is 1. The Morgan fingerprint density at radius 1 is 1.44 bits per heavy atom. The Hall–Kier alpha value is -0.870. The zero-order valence-electron chi connectivity index (χ0n) is 12.4. The van der Waals surface area contributed by atoms with Gasteiger partial charge in [0.2, 0.25) is 0 Å². The van der Waals surface area contributed by atoms with E-state index in [4.69, 9.17) is 4.74 Å². The van der Waals surface area contributed by atoms with Crippen LogP contribution in [0.15, 0.2) is 12.5 Å². The molecule has 0 spiro atoms. The number of rotatable bonds is 7. The lowest BCUT2D eigenvalue weighted by molar-refractivity contribution is 0.198. The van der Waals surface area contributed by atoms with Crippen LogP contribution in [-0.4, -0.2) is 29.8 Å². The Kier molecular flexibility index (Phi) is 5.82. The van der Waals surface area contributed by atoms with Crippen molar-refractivity contribution in [2.24, 2.45) is 11.3 Å². The normalized spacial score (nSPS) is 13.8. The molecule has 1 aromatic heterocycles. The molecule has 0 saturated carbocycles. The maximum Gasteiger partial charge on any atom is 0.0948 e. The molecule has 1 atom stereocenters. The van der Waals surface area contributed by atoms with Gasteiger partial charge in [-0.05, 0) is 11.3 Å². The molecule has 18 heavy (non-hydrogen) atoms. The molecule has 0 fully saturated rings. The SMILES string of the molecule is COCCNCc1cncn1CC(C)C(C)(C)C. The number of nitrogens with zero attached hydrogens (tertiary/aromatic N) is 2. The van der Waals surface area contributed by atoms with Gasteiger partial charge in [-0.2, -0.15) is 0 Å². The second-order valence-corrected chi connectivity index (χ2v) is 5.97. The maximum absolute atomic E-state index is 5.02. The summed E-state index contributed by atoms with van der Waals surface area (Å²) < 4.78 is 7.26. The Bertz CT molecular complexity index is 341. The topological polar surface area (TPSA) is 39.1 Å². The van der Waals surface area contributed by atoms with Crippen molar-refractivity contribution in [3.8, 4) is 0 Å². The van der Waals surface area contributed by atoms with Crippen LogP contribution < -0.4 is 5.32 Å². The van der Waals surface area contributed by atoms with Gasteiger partial charge in [0, 0.05) is 32.9 Å². The molecule has 0 radical (unpaired) electrons. The summed E-state index contributed by atoms with van der Waals surface area (Å²) in [4.78, 5) is 4.25. The van der Waals surface area contributed by atoms with Crippen molar-refractivity contribution in [1.29, 1.82) is 0 Å². The molecule has 1 rings (SSSR count). The lowest BCUT2D eigenvalue weighted by Gasteiger charge is -2.28. The molecule has 1 heterocycles. The van der Waals surface area contributed by atoms with E-state index >= 15 is 0 Å². The van der Waals surface area contributed by atoms with Gasteiger partial charge in [-0.15, -0.1) is 0 Å². The van der Waals surface area contributed by atoms with E-state index in [9.17, 15) is 0 Å². The second-order valence-electron chi connectivity index (χ2n) is 5.97. The summed E-state index contributed by atoms with van der Waals surface area (Å²) in [5, 5.41) is 3.36. The average Bonchev–Trinajstić information content (AvgIpc) is 2.71. The summed E-state index contributed by atoms with van der Waals surface area (Å²) in [6.45, 7) is 12.6. The first-order valence-corrected chi connectivity index (χ1v) is 6.63. The molecule has 1 unspecified atom stereocenters. The summed E-state index contributed by atoms with van der Waals surface area (Å²) in [6, 6.07) is 0. The third-order valence-electron chi connectivity index (χ3n) is 3.54. The van der Waals surface area contributed by atoms with Crippen LogP contribution >= 0.6 is 0 Å². The predicted molar refractivity (Wildman–Crippen MR) is 74.4 cm³/mol. The van der Waals surface area contributed by atoms with Gasteiger partial charge in [0.1, 0.15) is 0 Å². The number of nitrogens with one attached hydrogen (secondary N) is 1. The van der Waals surface area contributed by atoms with Crippen LogP contribution in [0.4, 0.5) is 0 Å². The Balaban J connectivity index is 2.49. The van der Waals surface area contributed by atoms with E-state index in [-0.39, 0.29) is 0 Å². The molecular weight excluding hydrogens is 226 g/mol. The van der Waals surface area contributed by atoms with Crippen molar-refractivity contribution < 1.29 is 4.74 Å². The number of aromatic nitrogens is 2. The number of methoxy groups -OCH3 is 1. The van der Waals surface area contributed by atoms with Crippen LogP contribution in [0.2, 0.25) is 0 Å². The smallest absolute Gasteiger partial charge is 0.0948 e. The van der Waals surface area contributed by atoms with Gasteiger partial charge in [0.15, 0.2) is 0 Å².